The van der Waals surface area contributed by atoms with E-state index in [0.717, 1.165) is 6.26 Å². The molecule has 0 aliphatic carbocycles. The number of ether oxygens (including phenoxy) is 1. The minimum absolute atomic E-state index is 0.205. The van der Waals surface area contributed by atoms with Gasteiger partial charge in [-0.15, -0.1) is 0 Å². The molecule has 2 N–H and O–H groups in total. The van der Waals surface area contributed by atoms with Crippen LogP contribution in [0.1, 0.15) is 23.7 Å². The molecule has 9 heteroatoms. The fraction of sp³-hybridized carbons (Fsp3) is 0.250. The Morgan fingerprint density at radius 3 is 2.48 bits per heavy atom. The number of nitrogens with one attached hydrogen (secondary N) is 2. The second kappa shape index (κ2) is 8.12. The first-order valence-corrected chi connectivity index (χ1v) is 10.8. The van der Waals surface area contributed by atoms with Crippen molar-refractivity contribution in [1.29, 1.82) is 0 Å². The summed E-state index contributed by atoms with van der Waals surface area (Å²) in [6.07, 6.45) is 1.74. The topological polar surface area (TPSA) is 97.6 Å². The highest BCUT2D eigenvalue weighted by molar-refractivity contribution is 7.92. The van der Waals surface area contributed by atoms with Crippen LogP contribution in [-0.2, 0) is 10.0 Å². The predicted octanol–water partition coefficient (Wildman–Crippen LogP) is 3.76. The molecular weight excluding hydrogens is 399 g/mol. The number of carbonyl (C=O) groups is 1. The quantitative estimate of drug-likeness (QED) is 0.607. The number of anilines is 1. The molecule has 0 fully saturated rings. The van der Waals surface area contributed by atoms with E-state index in [1.165, 1.54) is 37.4 Å². The standard InChI is InChI=1S/C20H21FN2O5S/c1-4-9-27-17-10-14-16(11-15(17)23-29(3,25)26)28-19(18(14)20(24)22-2)12-5-7-13(21)8-6-12/h5-8,10-11,23H,4,9H2,1-3H3,(H,22,24). The van der Waals surface area contributed by atoms with Crippen molar-refractivity contribution in [3.8, 4) is 17.1 Å². The highest BCUT2D eigenvalue weighted by atomic mass is 32.2. The Kier molecular flexibility index (Phi) is 5.78. The Hall–Kier alpha value is -3.07. The summed E-state index contributed by atoms with van der Waals surface area (Å²) < 4.78 is 50.8. The number of furan rings is 1. The third-order valence-corrected chi connectivity index (χ3v) is 4.70. The van der Waals surface area contributed by atoms with Gasteiger partial charge in [-0.1, -0.05) is 6.92 Å². The number of benzene rings is 2. The van der Waals surface area contributed by atoms with Gasteiger partial charge < -0.3 is 14.5 Å². The second-order valence-electron chi connectivity index (χ2n) is 6.46. The van der Waals surface area contributed by atoms with E-state index in [2.05, 4.69) is 10.0 Å². The van der Waals surface area contributed by atoms with Crippen molar-refractivity contribution in [2.45, 2.75) is 13.3 Å². The van der Waals surface area contributed by atoms with Gasteiger partial charge in [-0.25, -0.2) is 12.8 Å². The van der Waals surface area contributed by atoms with Crippen LogP contribution in [0.4, 0.5) is 10.1 Å². The number of fused-ring (bicyclic) bond motifs is 1. The molecule has 29 heavy (non-hydrogen) atoms. The predicted molar refractivity (Wildman–Crippen MR) is 109 cm³/mol. The van der Waals surface area contributed by atoms with Gasteiger partial charge in [0.05, 0.1) is 24.1 Å². The Balaban J connectivity index is 2.27. The average Bonchev–Trinajstić information content (AvgIpc) is 3.03. The zero-order chi connectivity index (χ0) is 21.2. The summed E-state index contributed by atoms with van der Waals surface area (Å²) >= 11 is 0. The lowest BCUT2D eigenvalue weighted by molar-refractivity contribution is 0.0964. The molecule has 0 saturated heterocycles. The van der Waals surface area contributed by atoms with E-state index in [0.29, 0.717) is 24.0 Å². The molecule has 0 unspecified atom stereocenters. The Morgan fingerprint density at radius 1 is 1.21 bits per heavy atom. The van der Waals surface area contributed by atoms with Crippen molar-refractivity contribution in [2.75, 3.05) is 24.6 Å². The SMILES string of the molecule is CCCOc1cc2c(C(=O)NC)c(-c3ccc(F)cc3)oc2cc1NS(C)(=O)=O. The molecule has 0 saturated carbocycles. The van der Waals surface area contributed by atoms with Gasteiger partial charge in [0, 0.05) is 24.1 Å². The van der Waals surface area contributed by atoms with Crippen LogP contribution in [0, 0.1) is 5.82 Å². The summed E-state index contributed by atoms with van der Waals surface area (Å²) in [5.74, 6) is -0.284. The number of sulfonamides is 1. The zero-order valence-electron chi connectivity index (χ0n) is 16.2. The van der Waals surface area contributed by atoms with Crippen LogP contribution >= 0.6 is 0 Å². The maximum Gasteiger partial charge on any atom is 0.255 e. The van der Waals surface area contributed by atoms with Crippen molar-refractivity contribution >= 4 is 32.6 Å². The van der Waals surface area contributed by atoms with Gasteiger partial charge in [-0.2, -0.15) is 0 Å². The Bertz CT molecular complexity index is 1150. The van der Waals surface area contributed by atoms with Crippen LogP contribution in [0.2, 0.25) is 0 Å². The maximum atomic E-state index is 13.3. The summed E-state index contributed by atoms with van der Waals surface area (Å²) in [6.45, 7) is 2.28. The highest BCUT2D eigenvalue weighted by Crippen LogP contribution is 2.39. The summed E-state index contributed by atoms with van der Waals surface area (Å²) in [7, 11) is -2.08. The van der Waals surface area contributed by atoms with Gasteiger partial charge in [0.15, 0.2) is 0 Å². The minimum atomic E-state index is -3.57. The number of amides is 1. The van der Waals surface area contributed by atoms with E-state index in [9.17, 15) is 17.6 Å². The van der Waals surface area contributed by atoms with Crippen molar-refractivity contribution in [1.82, 2.24) is 5.32 Å². The summed E-state index contributed by atoms with van der Waals surface area (Å²) in [5.41, 5.74) is 1.26. The van der Waals surface area contributed by atoms with Gasteiger partial charge in [0.25, 0.3) is 5.91 Å². The fourth-order valence-corrected chi connectivity index (χ4v) is 3.45. The molecule has 7 nitrogen and oxygen atoms in total. The number of halogens is 1. The van der Waals surface area contributed by atoms with Crippen LogP contribution in [0.25, 0.3) is 22.3 Å². The number of hydrogen-bond acceptors (Lipinski definition) is 5. The monoisotopic (exact) mass is 420 g/mol. The lowest BCUT2D eigenvalue weighted by atomic mass is 10.0. The fourth-order valence-electron chi connectivity index (χ4n) is 2.89. The first kappa shape index (κ1) is 20.7. The summed E-state index contributed by atoms with van der Waals surface area (Å²) in [4.78, 5) is 12.6. The van der Waals surface area contributed by atoms with Crippen LogP contribution in [0.5, 0.6) is 5.75 Å². The van der Waals surface area contributed by atoms with E-state index in [4.69, 9.17) is 9.15 Å². The zero-order valence-corrected chi connectivity index (χ0v) is 17.0. The van der Waals surface area contributed by atoms with Crippen LogP contribution in [-0.4, -0.2) is 34.2 Å². The Labute approximate surface area is 167 Å². The van der Waals surface area contributed by atoms with Crippen molar-refractivity contribution in [3.63, 3.8) is 0 Å². The normalized spacial score (nSPS) is 11.4. The molecule has 0 spiro atoms. The summed E-state index contributed by atoms with van der Waals surface area (Å²) in [5, 5.41) is 3.02. The molecule has 1 heterocycles. The molecule has 1 amide bonds. The molecule has 0 aliphatic heterocycles. The third kappa shape index (κ3) is 4.51. The van der Waals surface area contributed by atoms with Crippen molar-refractivity contribution < 1.29 is 26.8 Å². The molecule has 0 atom stereocenters. The summed E-state index contributed by atoms with van der Waals surface area (Å²) in [6, 6.07) is 8.58. The van der Waals surface area contributed by atoms with Crippen molar-refractivity contribution in [2.24, 2.45) is 0 Å². The number of hydrogen-bond donors (Lipinski definition) is 2. The molecule has 0 aliphatic rings. The number of carbonyl (C=O) groups excluding carboxylic acids is 1. The van der Waals surface area contributed by atoms with E-state index < -0.39 is 21.7 Å². The molecule has 0 bridgehead atoms. The van der Waals surface area contributed by atoms with Gasteiger partial charge in [-0.3, -0.25) is 9.52 Å². The third-order valence-electron chi connectivity index (χ3n) is 4.11. The van der Waals surface area contributed by atoms with Gasteiger partial charge in [-0.05, 0) is 36.8 Å². The smallest absolute Gasteiger partial charge is 0.255 e. The Morgan fingerprint density at radius 2 is 1.90 bits per heavy atom. The van der Waals surface area contributed by atoms with Crippen LogP contribution < -0.4 is 14.8 Å². The van der Waals surface area contributed by atoms with E-state index >= 15 is 0 Å². The molecule has 154 valence electrons. The minimum Gasteiger partial charge on any atom is -0.491 e. The van der Waals surface area contributed by atoms with E-state index in [-0.39, 0.29) is 28.3 Å². The second-order valence-corrected chi connectivity index (χ2v) is 8.21. The molecule has 3 rings (SSSR count). The van der Waals surface area contributed by atoms with Gasteiger partial charge in [0.1, 0.15) is 22.9 Å². The van der Waals surface area contributed by atoms with E-state index in [1.54, 1.807) is 6.07 Å². The van der Waals surface area contributed by atoms with Gasteiger partial charge in [0.2, 0.25) is 10.0 Å². The molecule has 0 radical (unpaired) electrons. The largest absolute Gasteiger partial charge is 0.491 e. The highest BCUT2D eigenvalue weighted by Gasteiger charge is 2.24. The van der Waals surface area contributed by atoms with Gasteiger partial charge >= 0.3 is 0 Å². The average molecular weight is 420 g/mol. The van der Waals surface area contributed by atoms with E-state index in [1.807, 2.05) is 6.92 Å². The maximum absolute atomic E-state index is 13.3. The molecule has 1 aromatic heterocycles. The lowest BCUT2D eigenvalue weighted by Gasteiger charge is -2.12. The molecular formula is C20H21FN2O5S. The van der Waals surface area contributed by atoms with Crippen LogP contribution in [0.3, 0.4) is 0 Å². The van der Waals surface area contributed by atoms with Crippen LogP contribution in [0.15, 0.2) is 40.8 Å². The van der Waals surface area contributed by atoms with Crippen molar-refractivity contribution in [3.05, 3.63) is 47.8 Å². The first-order valence-electron chi connectivity index (χ1n) is 8.92. The molecule has 2 aromatic carbocycles. The number of rotatable bonds is 7. The molecule has 3 aromatic rings. The lowest BCUT2D eigenvalue weighted by Crippen LogP contribution is -2.18. The first-order chi connectivity index (χ1) is 13.7.